The van der Waals surface area contributed by atoms with Crippen LogP contribution >= 0.6 is 0 Å². The van der Waals surface area contributed by atoms with Crippen LogP contribution in [-0.2, 0) is 19.6 Å². The number of nitrogens with zero attached hydrogens (tertiary/aromatic N) is 1. The van der Waals surface area contributed by atoms with E-state index in [1.807, 2.05) is 6.92 Å². The zero-order valence-corrected chi connectivity index (χ0v) is 10.00. The zero-order valence-electron chi connectivity index (χ0n) is 9.18. The Kier molecular flexibility index (Phi) is 2.72. The van der Waals surface area contributed by atoms with Crippen molar-refractivity contribution in [2.24, 2.45) is 10.6 Å². The van der Waals surface area contributed by atoms with E-state index in [0.717, 1.165) is 0 Å². The van der Waals surface area contributed by atoms with Crippen molar-refractivity contribution in [1.82, 2.24) is 4.90 Å². The Bertz CT molecular complexity index is 402. The summed E-state index contributed by atoms with van der Waals surface area (Å²) in [5.41, 5.74) is -0.0249. The van der Waals surface area contributed by atoms with Gasteiger partial charge in [-0.15, -0.1) is 0 Å². The van der Waals surface area contributed by atoms with Crippen LogP contribution in [0.1, 0.15) is 13.3 Å². The summed E-state index contributed by atoms with van der Waals surface area (Å²) in [6.07, 6.45) is 0.00969. The lowest BCUT2D eigenvalue weighted by Crippen LogP contribution is -2.49. The Hall–Kier alpha value is -0.660. The van der Waals surface area contributed by atoms with E-state index in [-0.39, 0.29) is 24.3 Å². The highest BCUT2D eigenvalue weighted by atomic mass is 32.2. The van der Waals surface area contributed by atoms with Gasteiger partial charge in [0.05, 0.1) is 13.2 Å². The number of ether oxygens (including phenoxy) is 1. The minimum absolute atomic E-state index is 0.00969. The number of primary sulfonamides is 1. The van der Waals surface area contributed by atoms with E-state index >= 15 is 0 Å². The second-order valence-electron chi connectivity index (χ2n) is 4.99. The van der Waals surface area contributed by atoms with Gasteiger partial charge in [0.25, 0.3) is 0 Å². The summed E-state index contributed by atoms with van der Waals surface area (Å²) in [7, 11) is -3.61. The van der Waals surface area contributed by atoms with E-state index in [1.165, 1.54) is 0 Å². The normalized spacial score (nSPS) is 29.2. The van der Waals surface area contributed by atoms with Gasteiger partial charge in [0, 0.05) is 24.9 Å². The molecule has 0 radical (unpaired) electrons. The van der Waals surface area contributed by atoms with Crippen molar-refractivity contribution in [2.45, 2.75) is 18.6 Å². The van der Waals surface area contributed by atoms with Gasteiger partial charge in [-0.05, 0) is 0 Å². The summed E-state index contributed by atoms with van der Waals surface area (Å²) in [6, 6.07) is 0. The maximum absolute atomic E-state index is 11.6. The van der Waals surface area contributed by atoms with Crippen molar-refractivity contribution >= 4 is 15.9 Å². The highest BCUT2D eigenvalue weighted by Crippen LogP contribution is 2.30. The molecule has 2 aliphatic rings. The molecule has 2 heterocycles. The van der Waals surface area contributed by atoms with Gasteiger partial charge in [-0.1, -0.05) is 6.92 Å². The van der Waals surface area contributed by atoms with Gasteiger partial charge in [0.15, 0.2) is 0 Å². The van der Waals surface area contributed by atoms with Gasteiger partial charge in [-0.2, -0.15) is 0 Å². The van der Waals surface area contributed by atoms with E-state index in [9.17, 15) is 13.2 Å². The van der Waals surface area contributed by atoms with Crippen molar-refractivity contribution in [2.75, 3.05) is 26.3 Å². The first kappa shape index (κ1) is 11.8. The minimum Gasteiger partial charge on any atom is -0.380 e. The largest absolute Gasteiger partial charge is 0.380 e. The highest BCUT2D eigenvalue weighted by Gasteiger charge is 2.42. The Morgan fingerprint density at radius 3 is 2.56 bits per heavy atom. The molecule has 0 aromatic heterocycles. The van der Waals surface area contributed by atoms with Gasteiger partial charge >= 0.3 is 0 Å². The van der Waals surface area contributed by atoms with Crippen LogP contribution in [0.15, 0.2) is 0 Å². The molecule has 2 saturated heterocycles. The second-order valence-corrected chi connectivity index (χ2v) is 6.84. The summed E-state index contributed by atoms with van der Waals surface area (Å²) in [5.74, 6) is -0.132. The first-order valence-electron chi connectivity index (χ1n) is 5.17. The van der Waals surface area contributed by atoms with Crippen LogP contribution in [0.2, 0.25) is 0 Å². The molecule has 1 atom stereocenters. The maximum atomic E-state index is 11.6. The van der Waals surface area contributed by atoms with Crippen molar-refractivity contribution in [3.8, 4) is 0 Å². The number of likely N-dealkylation sites (tertiary alicyclic amines) is 1. The number of hydrogen-bond donors (Lipinski definition) is 1. The Labute approximate surface area is 94.8 Å². The topological polar surface area (TPSA) is 89.7 Å². The van der Waals surface area contributed by atoms with Crippen molar-refractivity contribution in [3.63, 3.8) is 0 Å². The molecule has 2 N–H and O–H groups in total. The lowest BCUT2D eigenvalue weighted by molar-refractivity contribution is -0.140. The molecule has 2 fully saturated rings. The van der Waals surface area contributed by atoms with Crippen molar-refractivity contribution in [3.05, 3.63) is 0 Å². The van der Waals surface area contributed by atoms with Crippen LogP contribution in [0.4, 0.5) is 0 Å². The molecule has 92 valence electrons. The third-order valence-corrected chi connectivity index (χ3v) is 4.36. The number of rotatable bonds is 3. The predicted octanol–water partition coefficient (Wildman–Crippen LogP) is -1.09. The lowest BCUT2D eigenvalue weighted by Gasteiger charge is -2.40. The molecule has 1 unspecified atom stereocenters. The molecule has 0 saturated carbocycles. The molecule has 0 spiro atoms. The molecule has 6 nitrogen and oxygen atoms in total. The van der Waals surface area contributed by atoms with E-state index in [1.54, 1.807) is 4.90 Å². The molecular weight excluding hydrogens is 232 g/mol. The second kappa shape index (κ2) is 3.68. The quantitative estimate of drug-likeness (QED) is 0.687. The number of carbonyl (C=O) groups excluding carboxylic acids is 1. The first-order chi connectivity index (χ1) is 7.30. The molecule has 2 aliphatic heterocycles. The molecular formula is C9H16N2O4S. The molecule has 0 aromatic carbocycles. The summed E-state index contributed by atoms with van der Waals surface area (Å²) in [6.45, 7) is 4.03. The average Bonchev–Trinajstić information content (AvgIpc) is 2.44. The molecule has 16 heavy (non-hydrogen) atoms. The number of sulfonamides is 1. The molecule has 7 heteroatoms. The van der Waals surface area contributed by atoms with Gasteiger partial charge in [-0.25, -0.2) is 13.6 Å². The smallest absolute Gasteiger partial charge is 0.224 e. The van der Waals surface area contributed by atoms with Gasteiger partial charge in [0.2, 0.25) is 15.9 Å². The fourth-order valence-corrected chi connectivity index (χ4v) is 2.87. The fraction of sp³-hybridized carbons (Fsp3) is 0.889. The van der Waals surface area contributed by atoms with Crippen molar-refractivity contribution < 1.29 is 17.9 Å². The maximum Gasteiger partial charge on any atom is 0.224 e. The van der Waals surface area contributed by atoms with Gasteiger partial charge in [0.1, 0.15) is 5.25 Å². The van der Waals surface area contributed by atoms with Crippen LogP contribution in [0, 0.1) is 5.41 Å². The lowest BCUT2D eigenvalue weighted by atomic mass is 9.88. The first-order valence-corrected chi connectivity index (χ1v) is 6.78. The van der Waals surface area contributed by atoms with Crippen molar-refractivity contribution in [1.29, 1.82) is 0 Å². The van der Waals surface area contributed by atoms with E-state index < -0.39 is 15.3 Å². The Balaban J connectivity index is 2.00. The molecule has 0 bridgehead atoms. The molecule has 2 rings (SSSR count). The van der Waals surface area contributed by atoms with Crippen LogP contribution in [0.25, 0.3) is 0 Å². The standard InChI is InChI=1S/C9H16N2O4S/c1-9(5-15-6-9)4-11-3-7(2-8(11)12)16(10,13)14/h7H,2-6H2,1H3,(H2,10,13,14). The van der Waals surface area contributed by atoms with E-state index in [4.69, 9.17) is 9.88 Å². The summed E-state index contributed by atoms with van der Waals surface area (Å²) in [4.78, 5) is 13.2. The van der Waals surface area contributed by atoms with Crippen LogP contribution < -0.4 is 5.14 Å². The number of hydrogen-bond acceptors (Lipinski definition) is 4. The van der Waals surface area contributed by atoms with Gasteiger partial charge < -0.3 is 9.64 Å². The van der Waals surface area contributed by atoms with Crippen LogP contribution in [0.3, 0.4) is 0 Å². The van der Waals surface area contributed by atoms with E-state index in [2.05, 4.69) is 0 Å². The summed E-state index contributed by atoms with van der Waals surface area (Å²) in [5, 5.41) is 4.30. The third-order valence-electron chi connectivity index (χ3n) is 3.12. The molecule has 0 aromatic rings. The summed E-state index contributed by atoms with van der Waals surface area (Å²) < 4.78 is 27.4. The zero-order chi connectivity index (χ0) is 12.0. The van der Waals surface area contributed by atoms with E-state index in [0.29, 0.717) is 19.8 Å². The molecule has 0 aliphatic carbocycles. The van der Waals surface area contributed by atoms with Crippen LogP contribution in [0.5, 0.6) is 0 Å². The van der Waals surface area contributed by atoms with Crippen LogP contribution in [-0.4, -0.2) is 50.8 Å². The fourth-order valence-electron chi connectivity index (χ4n) is 2.11. The third kappa shape index (κ3) is 2.21. The minimum atomic E-state index is -3.61. The number of carbonyl (C=O) groups is 1. The molecule has 1 amide bonds. The number of amides is 1. The average molecular weight is 248 g/mol. The monoisotopic (exact) mass is 248 g/mol. The van der Waals surface area contributed by atoms with Gasteiger partial charge in [-0.3, -0.25) is 4.79 Å². The summed E-state index contributed by atoms with van der Waals surface area (Å²) >= 11 is 0. The number of nitrogens with two attached hydrogens (primary N) is 1. The SMILES string of the molecule is CC1(CN2CC(S(N)(=O)=O)CC2=O)COC1. The Morgan fingerprint density at radius 2 is 2.19 bits per heavy atom. The predicted molar refractivity (Wildman–Crippen MR) is 57.0 cm³/mol. The highest BCUT2D eigenvalue weighted by molar-refractivity contribution is 7.89. The Morgan fingerprint density at radius 1 is 1.56 bits per heavy atom.